The van der Waals surface area contributed by atoms with E-state index in [1.807, 2.05) is 12.5 Å². The molecule has 2 aliphatic rings. The molecule has 2 atom stereocenters. The molecule has 0 aliphatic heterocycles. The van der Waals surface area contributed by atoms with E-state index in [9.17, 15) is 0 Å². The Morgan fingerprint density at radius 2 is 0.983 bits per heavy atom. The Hall–Kier alpha value is -4.44. The van der Waals surface area contributed by atoms with Gasteiger partial charge in [-0.3, -0.25) is 0 Å². The Balaban J connectivity index is 1.31. The number of hydrogen-bond donors (Lipinski definition) is 0. The van der Waals surface area contributed by atoms with E-state index in [4.69, 9.17) is 25.9 Å². The van der Waals surface area contributed by atoms with Crippen LogP contribution in [0.5, 0.6) is 0 Å². The molecule has 2 unspecified atom stereocenters. The third-order valence-corrected chi connectivity index (χ3v) is 59.9. The Morgan fingerprint density at radius 1 is 0.550 bits per heavy atom. The Kier molecular flexibility index (Phi) is 9.84. The molecule has 298 valence electrons. The SMILES string of the molecule is CCc1cccc(-c2c(C)ccc3c2C=C(c2occ4ccccc24)[CH]3[Zr]([Cl])([Cl])([CH]2C(c3occ4ccccc34)=Cc3c2ccc(C)c3-c2cccc(CC)c2)=[Si](C)C)c1. The van der Waals surface area contributed by atoms with Crippen molar-refractivity contribution in [3.05, 3.63) is 190 Å². The average Bonchev–Trinajstić information content (AvgIpc) is 4.06. The van der Waals surface area contributed by atoms with Crippen LogP contribution in [0.15, 0.2) is 143 Å². The summed E-state index contributed by atoms with van der Waals surface area (Å²) in [4.78, 5) is 0. The maximum atomic E-state index is 9.15. The van der Waals surface area contributed by atoms with Crippen molar-refractivity contribution in [1.29, 1.82) is 0 Å². The van der Waals surface area contributed by atoms with Crippen molar-refractivity contribution < 1.29 is 23.8 Å². The van der Waals surface area contributed by atoms with Crippen LogP contribution in [0, 0.1) is 13.8 Å². The van der Waals surface area contributed by atoms with Gasteiger partial charge in [-0.05, 0) is 0 Å². The quantitative estimate of drug-likeness (QED) is 0.142. The number of hydrogen-bond acceptors (Lipinski definition) is 2. The molecule has 0 saturated heterocycles. The first-order valence-electron chi connectivity index (χ1n) is 21.2. The zero-order chi connectivity index (χ0) is 41.5. The summed E-state index contributed by atoms with van der Waals surface area (Å²) in [6.07, 6.45) is 10.5. The molecule has 0 N–H and O–H groups in total. The molecule has 0 bridgehead atoms. The van der Waals surface area contributed by atoms with Gasteiger partial charge >= 0.3 is 364 Å². The molecule has 2 heterocycles. The minimum absolute atomic E-state index is 0.273. The van der Waals surface area contributed by atoms with Crippen LogP contribution in [0.25, 0.3) is 67.1 Å². The third-order valence-electron chi connectivity index (χ3n) is 13.6. The fourth-order valence-electron chi connectivity index (χ4n) is 10.5. The van der Waals surface area contributed by atoms with Gasteiger partial charge in [-0.25, -0.2) is 0 Å². The second kappa shape index (κ2) is 14.9. The summed E-state index contributed by atoms with van der Waals surface area (Å²) < 4.78 is 12.9. The average molecular weight is 919 g/mol. The molecule has 0 fully saturated rings. The van der Waals surface area contributed by atoms with E-state index in [0.29, 0.717) is 0 Å². The van der Waals surface area contributed by atoms with Crippen LogP contribution in [0.2, 0.25) is 13.1 Å². The molecule has 0 saturated carbocycles. The van der Waals surface area contributed by atoms with Gasteiger partial charge in [0.05, 0.1) is 0 Å². The van der Waals surface area contributed by atoms with Crippen molar-refractivity contribution in [1.82, 2.24) is 0 Å². The zero-order valence-electron chi connectivity index (χ0n) is 35.0. The van der Waals surface area contributed by atoms with Crippen LogP contribution in [0.1, 0.15) is 77.1 Å². The van der Waals surface area contributed by atoms with Crippen LogP contribution in [0.3, 0.4) is 0 Å². The first-order valence-corrected chi connectivity index (χ1v) is 36.6. The number of fused-ring (bicyclic) bond motifs is 4. The van der Waals surface area contributed by atoms with Gasteiger partial charge in [0.15, 0.2) is 0 Å². The van der Waals surface area contributed by atoms with Crippen molar-refractivity contribution in [3.8, 4) is 22.3 Å². The second-order valence-corrected chi connectivity index (χ2v) is 55.9. The molecule has 8 aromatic rings. The number of benzene rings is 6. The number of rotatable bonds is 8. The third kappa shape index (κ3) is 5.96. The molecular formula is C54H48Cl2O2SiZr. The van der Waals surface area contributed by atoms with Crippen molar-refractivity contribution in [2.24, 2.45) is 0 Å². The predicted molar refractivity (Wildman–Crippen MR) is 255 cm³/mol. The van der Waals surface area contributed by atoms with E-state index in [-0.39, 0.29) is 7.25 Å². The Bertz CT molecular complexity index is 3000. The summed E-state index contributed by atoms with van der Waals surface area (Å²) >= 11 is -5.54. The monoisotopic (exact) mass is 916 g/mol. The molecule has 60 heavy (non-hydrogen) atoms. The summed E-state index contributed by atoms with van der Waals surface area (Å²) in [6, 6.07) is 44.2. The van der Waals surface area contributed by atoms with Gasteiger partial charge < -0.3 is 0 Å². The number of allylic oxidation sites excluding steroid dienone is 2. The van der Waals surface area contributed by atoms with Crippen molar-refractivity contribution in [2.75, 3.05) is 0 Å². The van der Waals surface area contributed by atoms with Crippen LogP contribution in [-0.2, 0) is 27.9 Å². The fourth-order valence-corrected chi connectivity index (χ4v) is 38.1. The number of furan rings is 2. The van der Waals surface area contributed by atoms with Crippen LogP contribution in [0.4, 0.5) is 0 Å². The van der Waals surface area contributed by atoms with Crippen LogP contribution in [-0.4, -0.2) is 5.43 Å². The normalized spacial score (nSPS) is 16.3. The molecule has 2 nitrogen and oxygen atoms in total. The van der Waals surface area contributed by atoms with Crippen LogP contribution < -0.4 is 0 Å². The molecule has 6 heteroatoms. The van der Waals surface area contributed by atoms with Crippen molar-refractivity contribution in [3.63, 3.8) is 0 Å². The number of aryl methyl sites for hydroxylation is 4. The second-order valence-electron chi connectivity index (χ2n) is 17.2. The zero-order valence-corrected chi connectivity index (χ0v) is 40.0. The molecule has 0 amide bonds. The summed E-state index contributed by atoms with van der Waals surface area (Å²) in [5, 5.41) is 4.28. The van der Waals surface area contributed by atoms with Gasteiger partial charge in [0.25, 0.3) is 0 Å². The topological polar surface area (TPSA) is 26.3 Å². The van der Waals surface area contributed by atoms with Gasteiger partial charge in [0.2, 0.25) is 0 Å². The Labute approximate surface area is 361 Å². The standard InChI is InChI=1S/2C26H21O.C2H6Si.2ClH.Zr/c2*1-3-18-7-6-9-20(13-18)25-17(2)11-12-19-14-22(15-24(19)25)26-23-10-5-4-8-21(23)16-27-26;1-3-2;;;/h2*4-16H,3H2,1-2H3;1-2H3;2*1H;/q;;;;;+2/p-2. The molecular weight excluding hydrogens is 871 g/mol. The summed E-state index contributed by atoms with van der Waals surface area (Å²) in [6.45, 7) is 13.7. The molecule has 2 aromatic heterocycles. The van der Waals surface area contributed by atoms with E-state index < -0.39 is 20.4 Å². The molecule has 6 aromatic carbocycles. The molecule has 2 aliphatic carbocycles. The van der Waals surface area contributed by atoms with E-state index in [1.165, 1.54) is 66.8 Å². The van der Waals surface area contributed by atoms with Crippen LogP contribution >= 0.6 is 17.0 Å². The summed E-state index contributed by atoms with van der Waals surface area (Å²) in [5.74, 6) is 1.71. The molecule has 0 radical (unpaired) electrons. The van der Waals surface area contributed by atoms with Gasteiger partial charge in [-0.2, -0.15) is 0 Å². The van der Waals surface area contributed by atoms with E-state index in [0.717, 1.165) is 57.1 Å². The van der Waals surface area contributed by atoms with Crippen molar-refractivity contribution >= 4 is 67.3 Å². The van der Waals surface area contributed by atoms with E-state index in [2.05, 4.69) is 174 Å². The van der Waals surface area contributed by atoms with Gasteiger partial charge in [-0.15, -0.1) is 0 Å². The Morgan fingerprint density at radius 3 is 1.40 bits per heavy atom. The fraction of sp³-hybridized carbons (Fsp3) is 0.185. The first kappa shape index (κ1) is 39.7. The van der Waals surface area contributed by atoms with Gasteiger partial charge in [0, 0.05) is 0 Å². The van der Waals surface area contributed by atoms with Gasteiger partial charge in [-0.1, -0.05) is 0 Å². The summed E-state index contributed by atoms with van der Waals surface area (Å²) in [7, 11) is 18.3. The number of halogens is 2. The molecule has 0 spiro atoms. The predicted octanol–water partition coefficient (Wildman–Crippen LogP) is 16.4. The van der Waals surface area contributed by atoms with Crippen molar-refractivity contribution in [2.45, 2.75) is 60.9 Å². The van der Waals surface area contributed by atoms with E-state index in [1.54, 1.807) is 0 Å². The summed E-state index contributed by atoms with van der Waals surface area (Å²) in [5.41, 5.74) is 15.5. The molecule has 10 rings (SSSR count). The van der Waals surface area contributed by atoms with Gasteiger partial charge in [0.1, 0.15) is 0 Å². The maximum absolute atomic E-state index is 9.15. The first-order chi connectivity index (χ1) is 29.0. The van der Waals surface area contributed by atoms with E-state index >= 15 is 0 Å². The minimum atomic E-state index is -5.54.